The third kappa shape index (κ3) is 5.01. The predicted molar refractivity (Wildman–Crippen MR) is 89.0 cm³/mol. The largest absolute Gasteiger partial charge is 0.493 e. The Bertz CT molecular complexity index is 427. The molecule has 0 aliphatic carbocycles. The van der Waals surface area contributed by atoms with Crippen molar-refractivity contribution in [1.82, 2.24) is 0 Å². The van der Waals surface area contributed by atoms with Crippen molar-refractivity contribution in [2.24, 2.45) is 11.7 Å². The Morgan fingerprint density at radius 2 is 1.95 bits per heavy atom. The van der Waals surface area contributed by atoms with Gasteiger partial charge in [0.15, 0.2) is 0 Å². The summed E-state index contributed by atoms with van der Waals surface area (Å²) >= 11 is 0. The van der Waals surface area contributed by atoms with Crippen LogP contribution in [0.25, 0.3) is 0 Å². The van der Waals surface area contributed by atoms with E-state index in [0.29, 0.717) is 12.5 Å². The van der Waals surface area contributed by atoms with E-state index in [-0.39, 0.29) is 12.5 Å². The van der Waals surface area contributed by atoms with Crippen LogP contribution in [0.5, 0.6) is 5.75 Å². The van der Waals surface area contributed by atoms with Crippen LogP contribution in [0.1, 0.15) is 55.7 Å². The van der Waals surface area contributed by atoms with Crippen LogP contribution in [0.4, 0.5) is 0 Å². The van der Waals surface area contributed by atoms with E-state index >= 15 is 0 Å². The highest BCUT2D eigenvalue weighted by Crippen LogP contribution is 2.36. The summed E-state index contributed by atoms with van der Waals surface area (Å²) in [5, 5.41) is 9.43. The highest BCUT2D eigenvalue weighted by Gasteiger charge is 2.20. The van der Waals surface area contributed by atoms with Gasteiger partial charge < -0.3 is 15.6 Å². The number of rotatable bonds is 9. The van der Waals surface area contributed by atoms with Crippen LogP contribution >= 0.6 is 0 Å². The molecule has 0 saturated heterocycles. The minimum Gasteiger partial charge on any atom is -0.493 e. The van der Waals surface area contributed by atoms with E-state index in [1.54, 1.807) is 0 Å². The van der Waals surface area contributed by atoms with Crippen molar-refractivity contribution in [2.75, 3.05) is 19.8 Å². The second-order valence-corrected chi connectivity index (χ2v) is 5.97. The summed E-state index contributed by atoms with van der Waals surface area (Å²) < 4.78 is 6.01. The van der Waals surface area contributed by atoms with E-state index in [1.165, 1.54) is 16.7 Å². The first kappa shape index (κ1) is 18.0. The van der Waals surface area contributed by atoms with Crippen molar-refractivity contribution in [1.29, 1.82) is 0 Å². The molecule has 0 heterocycles. The topological polar surface area (TPSA) is 55.5 Å². The van der Waals surface area contributed by atoms with Gasteiger partial charge in [-0.25, -0.2) is 0 Å². The van der Waals surface area contributed by atoms with Gasteiger partial charge in [-0.05, 0) is 62.6 Å². The number of hydrogen-bond acceptors (Lipinski definition) is 3. The molecule has 0 aliphatic rings. The van der Waals surface area contributed by atoms with Gasteiger partial charge in [0.05, 0.1) is 6.61 Å². The quantitative estimate of drug-likeness (QED) is 0.732. The molecule has 2 atom stereocenters. The number of benzene rings is 1. The van der Waals surface area contributed by atoms with Crippen molar-refractivity contribution in [3.63, 3.8) is 0 Å². The molecule has 21 heavy (non-hydrogen) atoms. The molecular formula is C18H31NO2. The molecule has 1 aromatic rings. The van der Waals surface area contributed by atoms with Crippen molar-refractivity contribution >= 4 is 0 Å². The average Bonchev–Trinajstić information content (AvgIpc) is 2.47. The molecule has 0 spiro atoms. The summed E-state index contributed by atoms with van der Waals surface area (Å²) in [7, 11) is 0. The average molecular weight is 293 g/mol. The standard InChI is InChI=1S/C18H31NO2/c1-5-7-21-18-14(4)8-13(3)9-17(18)16(6-2)10-15(11-19)12-20/h8-9,15-16,20H,5-7,10-12,19H2,1-4H3. The molecule has 0 aliphatic heterocycles. The molecule has 0 fully saturated rings. The van der Waals surface area contributed by atoms with Crippen LogP contribution in [0, 0.1) is 19.8 Å². The fourth-order valence-electron chi connectivity index (χ4n) is 2.85. The SMILES string of the molecule is CCCOc1c(C)cc(C)cc1C(CC)CC(CN)CO. The third-order valence-electron chi connectivity index (χ3n) is 4.04. The fraction of sp³-hybridized carbons (Fsp3) is 0.667. The van der Waals surface area contributed by atoms with Gasteiger partial charge in [-0.15, -0.1) is 0 Å². The van der Waals surface area contributed by atoms with Gasteiger partial charge >= 0.3 is 0 Å². The van der Waals surface area contributed by atoms with E-state index in [0.717, 1.165) is 31.6 Å². The van der Waals surface area contributed by atoms with Gasteiger partial charge in [-0.3, -0.25) is 0 Å². The Kier molecular flexibility index (Phi) is 7.76. The highest BCUT2D eigenvalue weighted by atomic mass is 16.5. The number of aliphatic hydroxyl groups excluding tert-OH is 1. The van der Waals surface area contributed by atoms with Gasteiger partial charge in [0, 0.05) is 6.61 Å². The van der Waals surface area contributed by atoms with Crippen molar-refractivity contribution in [3.8, 4) is 5.75 Å². The number of aryl methyl sites for hydroxylation is 2. The van der Waals surface area contributed by atoms with Gasteiger partial charge in [0.2, 0.25) is 0 Å². The maximum Gasteiger partial charge on any atom is 0.125 e. The zero-order valence-electron chi connectivity index (χ0n) is 14.0. The lowest BCUT2D eigenvalue weighted by Crippen LogP contribution is -2.21. The lowest BCUT2D eigenvalue weighted by Gasteiger charge is -2.24. The molecule has 3 nitrogen and oxygen atoms in total. The fourth-order valence-corrected chi connectivity index (χ4v) is 2.85. The van der Waals surface area contributed by atoms with Crippen molar-refractivity contribution in [2.45, 2.75) is 52.9 Å². The summed E-state index contributed by atoms with van der Waals surface area (Å²) in [6, 6.07) is 4.41. The minimum atomic E-state index is 0.156. The highest BCUT2D eigenvalue weighted by molar-refractivity contribution is 5.45. The molecule has 0 amide bonds. The summed E-state index contributed by atoms with van der Waals surface area (Å²) in [5.74, 6) is 1.58. The molecule has 3 N–H and O–H groups in total. The zero-order valence-corrected chi connectivity index (χ0v) is 14.0. The second-order valence-electron chi connectivity index (χ2n) is 5.97. The lowest BCUT2D eigenvalue weighted by molar-refractivity contribution is 0.213. The Morgan fingerprint density at radius 1 is 1.24 bits per heavy atom. The molecule has 120 valence electrons. The van der Waals surface area contributed by atoms with Crippen LogP contribution < -0.4 is 10.5 Å². The molecule has 3 heteroatoms. The monoisotopic (exact) mass is 293 g/mol. The first-order valence-electron chi connectivity index (χ1n) is 8.12. The summed E-state index contributed by atoms with van der Waals surface area (Å²) in [5.41, 5.74) is 9.49. The lowest BCUT2D eigenvalue weighted by atomic mass is 9.85. The molecule has 1 rings (SSSR count). The molecule has 0 aromatic heterocycles. The third-order valence-corrected chi connectivity index (χ3v) is 4.04. The summed E-state index contributed by atoms with van der Waals surface area (Å²) in [6.45, 7) is 9.98. The van der Waals surface area contributed by atoms with Gasteiger partial charge in [-0.1, -0.05) is 31.5 Å². The van der Waals surface area contributed by atoms with Crippen LogP contribution in [0.2, 0.25) is 0 Å². The Morgan fingerprint density at radius 3 is 2.48 bits per heavy atom. The van der Waals surface area contributed by atoms with E-state index in [2.05, 4.69) is 39.8 Å². The smallest absolute Gasteiger partial charge is 0.125 e. The zero-order chi connectivity index (χ0) is 15.8. The first-order chi connectivity index (χ1) is 10.1. The van der Waals surface area contributed by atoms with Crippen LogP contribution in [-0.2, 0) is 0 Å². The molecule has 1 aromatic carbocycles. The van der Waals surface area contributed by atoms with E-state index < -0.39 is 0 Å². The Hall–Kier alpha value is -1.06. The normalized spacial score (nSPS) is 14.0. The Labute approximate surface area is 129 Å². The predicted octanol–water partition coefficient (Wildman–Crippen LogP) is 3.54. The number of nitrogens with two attached hydrogens (primary N) is 1. The molecular weight excluding hydrogens is 262 g/mol. The van der Waals surface area contributed by atoms with Crippen LogP contribution in [-0.4, -0.2) is 24.9 Å². The van der Waals surface area contributed by atoms with E-state index in [1.807, 2.05) is 0 Å². The Balaban J connectivity index is 3.10. The van der Waals surface area contributed by atoms with Crippen molar-refractivity contribution in [3.05, 3.63) is 28.8 Å². The number of hydrogen-bond donors (Lipinski definition) is 2. The molecule has 0 bridgehead atoms. The van der Waals surface area contributed by atoms with Crippen LogP contribution in [0.3, 0.4) is 0 Å². The van der Waals surface area contributed by atoms with Gasteiger partial charge in [-0.2, -0.15) is 0 Å². The van der Waals surface area contributed by atoms with Crippen LogP contribution in [0.15, 0.2) is 12.1 Å². The summed E-state index contributed by atoms with van der Waals surface area (Å²) in [6.07, 6.45) is 2.95. The maximum absolute atomic E-state index is 9.43. The van der Waals surface area contributed by atoms with Crippen molar-refractivity contribution < 1.29 is 9.84 Å². The number of aliphatic hydroxyl groups is 1. The summed E-state index contributed by atoms with van der Waals surface area (Å²) in [4.78, 5) is 0. The van der Waals surface area contributed by atoms with Gasteiger partial charge in [0.1, 0.15) is 5.75 Å². The number of ether oxygens (including phenoxy) is 1. The minimum absolute atomic E-state index is 0.156. The van der Waals surface area contributed by atoms with Gasteiger partial charge in [0.25, 0.3) is 0 Å². The second kappa shape index (κ2) is 9.06. The molecule has 0 saturated carbocycles. The molecule has 0 radical (unpaired) electrons. The maximum atomic E-state index is 9.43. The van der Waals surface area contributed by atoms with E-state index in [4.69, 9.17) is 10.5 Å². The van der Waals surface area contributed by atoms with E-state index in [9.17, 15) is 5.11 Å². The first-order valence-corrected chi connectivity index (χ1v) is 8.12. The molecule has 2 unspecified atom stereocenters.